The second kappa shape index (κ2) is 12.4. The molecule has 2 amide bonds. The van der Waals surface area contributed by atoms with E-state index in [1.165, 1.54) is 22.7 Å². The van der Waals surface area contributed by atoms with E-state index in [4.69, 9.17) is 10.2 Å². The quantitative estimate of drug-likeness (QED) is 0.349. The maximum atomic E-state index is 11.6. The van der Waals surface area contributed by atoms with Gasteiger partial charge in [-0.3, -0.25) is 9.59 Å². The van der Waals surface area contributed by atoms with Gasteiger partial charge in [0.05, 0.1) is 0 Å². The van der Waals surface area contributed by atoms with Crippen LogP contribution in [0.1, 0.15) is 48.5 Å². The second-order valence-corrected chi connectivity index (χ2v) is 8.08. The van der Waals surface area contributed by atoms with Crippen molar-refractivity contribution in [1.82, 2.24) is 20.4 Å². The van der Waals surface area contributed by atoms with E-state index in [9.17, 15) is 9.59 Å². The van der Waals surface area contributed by atoms with Crippen LogP contribution in [0.2, 0.25) is 0 Å². The monoisotopic (exact) mass is 428 g/mol. The number of anilines is 2. The first-order valence-corrected chi connectivity index (χ1v) is 10.7. The van der Waals surface area contributed by atoms with E-state index in [2.05, 4.69) is 31.0 Å². The predicted octanol–water partition coefficient (Wildman–Crippen LogP) is 1.38. The predicted molar refractivity (Wildman–Crippen MR) is 106 cm³/mol. The number of unbranched alkanes of at least 4 members (excludes halogenated alkanes) is 1. The summed E-state index contributed by atoms with van der Waals surface area (Å²) in [6.45, 7) is -0.0258. The van der Waals surface area contributed by atoms with Gasteiger partial charge < -0.3 is 20.8 Å². The Balaban J connectivity index is 1.65. The second-order valence-electron chi connectivity index (χ2n) is 5.96. The molecule has 0 aliphatic heterocycles. The lowest BCUT2D eigenvalue weighted by molar-refractivity contribution is -0.117. The highest BCUT2D eigenvalue weighted by Gasteiger charge is 2.10. The van der Waals surface area contributed by atoms with E-state index >= 15 is 0 Å². The van der Waals surface area contributed by atoms with Crippen LogP contribution in [-0.2, 0) is 22.4 Å². The lowest BCUT2D eigenvalue weighted by atomic mass is 10.2. The molecular weight excluding hydrogens is 404 g/mol. The molecule has 0 spiro atoms. The third-order valence-corrected chi connectivity index (χ3v) is 5.38. The van der Waals surface area contributed by atoms with Crippen LogP contribution >= 0.6 is 22.7 Å². The van der Waals surface area contributed by atoms with Crippen molar-refractivity contribution in [3.05, 3.63) is 10.0 Å². The number of hydrogen-bond acceptors (Lipinski definition) is 10. The van der Waals surface area contributed by atoms with Crippen LogP contribution in [0.25, 0.3) is 0 Å². The maximum Gasteiger partial charge on any atom is 0.226 e. The van der Waals surface area contributed by atoms with Crippen LogP contribution in [0.5, 0.6) is 0 Å². The van der Waals surface area contributed by atoms with Gasteiger partial charge in [-0.15, -0.1) is 20.4 Å². The summed E-state index contributed by atoms with van der Waals surface area (Å²) in [4.78, 5) is 23.2. The molecule has 0 bridgehead atoms. The molecule has 2 aromatic heterocycles. The number of nitrogens with one attached hydrogen (secondary N) is 2. The van der Waals surface area contributed by atoms with Gasteiger partial charge >= 0.3 is 0 Å². The zero-order valence-corrected chi connectivity index (χ0v) is 17.0. The van der Waals surface area contributed by atoms with Crippen molar-refractivity contribution >= 4 is 44.8 Å². The number of carbonyl (C=O) groups is 2. The van der Waals surface area contributed by atoms with E-state index in [0.29, 0.717) is 23.1 Å². The average molecular weight is 429 g/mol. The van der Waals surface area contributed by atoms with Gasteiger partial charge in [-0.05, 0) is 25.7 Å². The average Bonchev–Trinajstić information content (AvgIpc) is 3.31. The van der Waals surface area contributed by atoms with E-state index < -0.39 is 0 Å². The smallest absolute Gasteiger partial charge is 0.226 e. The first-order valence-electron chi connectivity index (χ1n) is 9.07. The molecule has 10 nitrogen and oxygen atoms in total. The molecule has 0 saturated heterocycles. The molecule has 0 saturated carbocycles. The van der Waals surface area contributed by atoms with E-state index in [-0.39, 0.29) is 37.9 Å². The first-order chi connectivity index (χ1) is 13.6. The van der Waals surface area contributed by atoms with Gasteiger partial charge in [0.25, 0.3) is 0 Å². The first kappa shape index (κ1) is 22.3. The molecule has 0 aromatic carbocycles. The van der Waals surface area contributed by atoms with Crippen LogP contribution in [0.3, 0.4) is 0 Å². The summed E-state index contributed by atoms with van der Waals surface area (Å²) < 4.78 is 0. The molecule has 2 rings (SSSR count). The third kappa shape index (κ3) is 8.33. The number of rotatable bonds is 13. The van der Waals surface area contributed by atoms with Gasteiger partial charge in [-0.25, -0.2) is 0 Å². The van der Waals surface area contributed by atoms with Crippen molar-refractivity contribution in [3.63, 3.8) is 0 Å². The Labute approximate surface area is 170 Å². The summed E-state index contributed by atoms with van der Waals surface area (Å²) >= 11 is 2.70. The number of amides is 2. The summed E-state index contributed by atoms with van der Waals surface area (Å²) in [7, 11) is 0. The van der Waals surface area contributed by atoms with Gasteiger partial charge in [-0.2, -0.15) is 0 Å². The molecule has 2 heterocycles. The highest BCUT2D eigenvalue weighted by Crippen LogP contribution is 2.20. The molecule has 0 fully saturated rings. The molecule has 28 heavy (non-hydrogen) atoms. The summed E-state index contributed by atoms with van der Waals surface area (Å²) in [5, 5.41) is 41.5. The Bertz CT molecular complexity index is 689. The minimum atomic E-state index is -0.174. The fraction of sp³-hybridized carbons (Fsp3) is 0.625. The Morgan fingerprint density at radius 3 is 1.54 bits per heavy atom. The normalized spacial score (nSPS) is 10.8. The summed E-state index contributed by atoms with van der Waals surface area (Å²) in [5.74, 6) is -0.348. The van der Waals surface area contributed by atoms with E-state index in [1.54, 1.807) is 0 Å². The Morgan fingerprint density at radius 1 is 0.714 bits per heavy atom. The molecule has 0 atom stereocenters. The number of aliphatic hydroxyl groups is 2. The zero-order valence-electron chi connectivity index (χ0n) is 15.4. The number of aliphatic hydroxyl groups excluding tert-OH is 2. The molecule has 0 radical (unpaired) electrons. The SMILES string of the molecule is O=C(CCCO)Nc1nnc(CCCCc2nnc(NC(=O)CCCO)s2)s1. The number of aromatic nitrogens is 4. The summed E-state index contributed by atoms with van der Waals surface area (Å²) in [6, 6.07) is 0. The van der Waals surface area contributed by atoms with Crippen LogP contribution in [0.4, 0.5) is 10.3 Å². The van der Waals surface area contributed by atoms with Gasteiger partial charge in [0.1, 0.15) is 10.0 Å². The van der Waals surface area contributed by atoms with Gasteiger partial charge in [0.15, 0.2) is 0 Å². The molecule has 0 unspecified atom stereocenters. The van der Waals surface area contributed by atoms with Gasteiger partial charge in [0.2, 0.25) is 22.1 Å². The molecule has 2 aromatic rings. The van der Waals surface area contributed by atoms with E-state index in [0.717, 1.165) is 35.7 Å². The van der Waals surface area contributed by atoms with Crippen molar-refractivity contribution < 1.29 is 19.8 Å². The van der Waals surface area contributed by atoms with Crippen LogP contribution in [0.15, 0.2) is 0 Å². The molecule has 4 N–H and O–H groups in total. The maximum absolute atomic E-state index is 11.6. The van der Waals surface area contributed by atoms with Crippen molar-refractivity contribution in [2.24, 2.45) is 0 Å². The number of nitrogens with zero attached hydrogens (tertiary/aromatic N) is 4. The molecular formula is C16H24N6O4S2. The number of aryl methyl sites for hydroxylation is 2. The van der Waals surface area contributed by atoms with Crippen molar-refractivity contribution in [2.45, 2.75) is 51.4 Å². The largest absolute Gasteiger partial charge is 0.396 e. The van der Waals surface area contributed by atoms with Gasteiger partial charge in [-0.1, -0.05) is 22.7 Å². The number of carbonyl (C=O) groups excluding carboxylic acids is 2. The highest BCUT2D eigenvalue weighted by atomic mass is 32.1. The lowest BCUT2D eigenvalue weighted by Gasteiger charge is -1.98. The standard InChI is InChI=1S/C16H24N6O4S2/c23-9-3-5-11(25)17-15-21-19-13(27-15)7-1-2-8-14-20-22-16(28-14)18-12(26)6-4-10-24/h23-24H,1-10H2,(H,17,21,25)(H,18,22,26). The van der Waals surface area contributed by atoms with Crippen LogP contribution < -0.4 is 10.6 Å². The number of hydrogen-bond donors (Lipinski definition) is 4. The van der Waals surface area contributed by atoms with Crippen molar-refractivity contribution in [3.8, 4) is 0 Å². The topological polar surface area (TPSA) is 150 Å². The fourth-order valence-electron chi connectivity index (χ4n) is 2.21. The molecule has 154 valence electrons. The van der Waals surface area contributed by atoms with Crippen molar-refractivity contribution in [2.75, 3.05) is 23.8 Å². The van der Waals surface area contributed by atoms with Crippen molar-refractivity contribution in [1.29, 1.82) is 0 Å². The summed E-state index contributed by atoms with van der Waals surface area (Å²) in [5.41, 5.74) is 0. The zero-order chi connectivity index (χ0) is 20.2. The molecule has 0 aliphatic rings. The van der Waals surface area contributed by atoms with Crippen LogP contribution in [-0.4, -0.2) is 55.6 Å². The van der Waals surface area contributed by atoms with E-state index in [1.807, 2.05) is 0 Å². The summed E-state index contributed by atoms with van der Waals surface area (Å²) in [6.07, 6.45) is 4.68. The Morgan fingerprint density at radius 2 is 1.14 bits per heavy atom. The lowest BCUT2D eigenvalue weighted by Crippen LogP contribution is -2.11. The fourth-order valence-corrected chi connectivity index (χ4v) is 3.80. The minimum absolute atomic E-state index is 0.0129. The Kier molecular flexibility index (Phi) is 9.90. The molecule has 0 aliphatic carbocycles. The van der Waals surface area contributed by atoms with Crippen LogP contribution in [0, 0.1) is 0 Å². The van der Waals surface area contributed by atoms with Gasteiger partial charge in [0, 0.05) is 38.9 Å². The minimum Gasteiger partial charge on any atom is -0.396 e. The highest BCUT2D eigenvalue weighted by molar-refractivity contribution is 7.15. The molecule has 12 heteroatoms. The third-order valence-electron chi connectivity index (χ3n) is 3.58. The Hall–Kier alpha value is -2.02.